The summed E-state index contributed by atoms with van der Waals surface area (Å²) in [7, 11) is 0. The molecule has 0 aromatic heterocycles. The van der Waals surface area contributed by atoms with Crippen molar-refractivity contribution in [1.82, 2.24) is 0 Å². The number of hydrogen-bond acceptors (Lipinski definition) is 2. The van der Waals surface area contributed by atoms with Crippen LogP contribution in [0.2, 0.25) is 5.02 Å². The van der Waals surface area contributed by atoms with Crippen molar-refractivity contribution in [2.75, 3.05) is 6.54 Å². The Hall–Kier alpha value is -0.570. The highest BCUT2D eigenvalue weighted by atomic mass is 35.5. The Kier molecular flexibility index (Phi) is 4.78. The average Bonchev–Trinajstić information content (AvgIpc) is 2.41. The van der Waals surface area contributed by atoms with Gasteiger partial charge in [-0.2, -0.15) is 0 Å². The Labute approximate surface area is 127 Å². The maximum Gasteiger partial charge on any atom is 0.0728 e. The lowest BCUT2D eigenvalue weighted by molar-refractivity contribution is -0.0936. The molecular weight excluding hydrogens is 270 g/mol. The highest BCUT2D eigenvalue weighted by molar-refractivity contribution is 6.30. The van der Waals surface area contributed by atoms with E-state index in [2.05, 4.69) is 6.92 Å². The van der Waals surface area contributed by atoms with Crippen LogP contribution in [-0.2, 0) is 6.42 Å². The van der Waals surface area contributed by atoms with E-state index in [9.17, 15) is 5.11 Å². The van der Waals surface area contributed by atoms with E-state index in [-0.39, 0.29) is 5.41 Å². The van der Waals surface area contributed by atoms with E-state index < -0.39 is 5.60 Å². The third-order valence-corrected chi connectivity index (χ3v) is 5.34. The van der Waals surface area contributed by atoms with Crippen molar-refractivity contribution in [3.63, 3.8) is 0 Å². The molecule has 0 radical (unpaired) electrons. The zero-order valence-corrected chi connectivity index (χ0v) is 13.3. The highest BCUT2D eigenvalue weighted by Gasteiger charge is 2.47. The van der Waals surface area contributed by atoms with E-state index in [4.69, 9.17) is 17.3 Å². The number of aliphatic hydroxyl groups is 1. The minimum Gasteiger partial charge on any atom is -0.389 e. The maximum atomic E-state index is 11.1. The number of nitrogens with two attached hydrogens (primary N) is 1. The van der Waals surface area contributed by atoms with Crippen LogP contribution in [0.15, 0.2) is 24.3 Å². The van der Waals surface area contributed by atoms with Gasteiger partial charge in [0.1, 0.15) is 0 Å². The van der Waals surface area contributed by atoms with Crippen LogP contribution >= 0.6 is 11.6 Å². The Balaban J connectivity index is 2.20. The number of hydrogen-bond donors (Lipinski definition) is 2. The smallest absolute Gasteiger partial charge is 0.0728 e. The molecule has 20 heavy (non-hydrogen) atoms. The second-order valence-corrected chi connectivity index (χ2v) is 7.20. The van der Waals surface area contributed by atoms with Crippen LogP contribution in [0.1, 0.15) is 45.1 Å². The molecule has 0 heterocycles. The monoisotopic (exact) mass is 295 g/mol. The van der Waals surface area contributed by atoms with Crippen molar-refractivity contribution in [2.45, 2.75) is 51.6 Å². The van der Waals surface area contributed by atoms with Crippen molar-refractivity contribution >= 4 is 11.6 Å². The molecule has 0 saturated heterocycles. The summed E-state index contributed by atoms with van der Waals surface area (Å²) in [5.74, 6) is 0.643. The van der Waals surface area contributed by atoms with Gasteiger partial charge in [0.05, 0.1) is 5.60 Å². The normalized spacial score (nSPS) is 29.9. The summed E-state index contributed by atoms with van der Waals surface area (Å²) in [4.78, 5) is 0. The summed E-state index contributed by atoms with van der Waals surface area (Å²) in [5.41, 5.74) is 6.26. The van der Waals surface area contributed by atoms with Gasteiger partial charge in [0.2, 0.25) is 0 Å². The molecule has 0 aliphatic heterocycles. The van der Waals surface area contributed by atoms with E-state index in [1.54, 1.807) is 0 Å². The fourth-order valence-electron chi connectivity index (χ4n) is 3.74. The van der Waals surface area contributed by atoms with Gasteiger partial charge in [-0.05, 0) is 43.4 Å². The van der Waals surface area contributed by atoms with E-state index in [0.29, 0.717) is 18.9 Å². The predicted molar refractivity (Wildman–Crippen MR) is 84.9 cm³/mol. The molecule has 0 bridgehead atoms. The molecule has 3 atom stereocenters. The standard InChI is InChI=1S/C17H26ClNO/c1-13-4-3-9-17(10-13,12-19)16(2,20)11-14-5-7-15(18)8-6-14/h5-8,13,20H,3-4,9-12,19H2,1-2H3. The molecule has 1 aromatic rings. The van der Waals surface area contributed by atoms with E-state index in [0.717, 1.165) is 29.8 Å². The van der Waals surface area contributed by atoms with Gasteiger partial charge >= 0.3 is 0 Å². The lowest BCUT2D eigenvalue weighted by Crippen LogP contribution is -2.54. The van der Waals surface area contributed by atoms with Gasteiger partial charge in [0, 0.05) is 23.4 Å². The summed E-state index contributed by atoms with van der Waals surface area (Å²) < 4.78 is 0. The van der Waals surface area contributed by atoms with Crippen LogP contribution < -0.4 is 5.73 Å². The fourth-order valence-corrected chi connectivity index (χ4v) is 3.87. The van der Waals surface area contributed by atoms with Crippen molar-refractivity contribution < 1.29 is 5.11 Å². The second-order valence-electron chi connectivity index (χ2n) is 6.76. The van der Waals surface area contributed by atoms with Crippen LogP contribution in [0.5, 0.6) is 0 Å². The maximum absolute atomic E-state index is 11.1. The molecule has 1 aliphatic rings. The summed E-state index contributed by atoms with van der Waals surface area (Å²) in [6, 6.07) is 7.75. The molecule has 3 unspecified atom stereocenters. The molecule has 112 valence electrons. The Morgan fingerprint density at radius 1 is 1.40 bits per heavy atom. The number of rotatable bonds is 4. The van der Waals surface area contributed by atoms with Gasteiger partial charge in [-0.15, -0.1) is 0 Å². The van der Waals surface area contributed by atoms with Crippen LogP contribution in [0, 0.1) is 11.3 Å². The lowest BCUT2D eigenvalue weighted by Gasteiger charge is -2.49. The van der Waals surface area contributed by atoms with E-state index in [1.807, 2.05) is 31.2 Å². The molecule has 3 heteroatoms. The second kappa shape index (κ2) is 6.05. The summed E-state index contributed by atoms with van der Waals surface area (Å²) >= 11 is 5.92. The van der Waals surface area contributed by atoms with Crippen molar-refractivity contribution in [1.29, 1.82) is 0 Å². The molecule has 1 fully saturated rings. The third-order valence-electron chi connectivity index (χ3n) is 5.09. The van der Waals surface area contributed by atoms with Crippen LogP contribution in [0.25, 0.3) is 0 Å². The number of benzene rings is 1. The Morgan fingerprint density at radius 3 is 2.60 bits per heavy atom. The fraction of sp³-hybridized carbons (Fsp3) is 0.647. The Bertz CT molecular complexity index is 443. The van der Waals surface area contributed by atoms with Crippen LogP contribution in [-0.4, -0.2) is 17.3 Å². The molecule has 3 N–H and O–H groups in total. The molecule has 1 saturated carbocycles. The topological polar surface area (TPSA) is 46.2 Å². The van der Waals surface area contributed by atoms with E-state index in [1.165, 1.54) is 6.42 Å². The number of halogens is 1. The van der Waals surface area contributed by atoms with Gasteiger partial charge in [-0.1, -0.05) is 43.5 Å². The lowest BCUT2D eigenvalue weighted by atomic mass is 9.60. The molecular formula is C17H26ClNO. The first-order valence-electron chi connectivity index (χ1n) is 7.55. The van der Waals surface area contributed by atoms with Gasteiger partial charge in [0.25, 0.3) is 0 Å². The SMILES string of the molecule is CC1CCCC(CN)(C(C)(O)Cc2ccc(Cl)cc2)C1. The van der Waals surface area contributed by atoms with Crippen LogP contribution in [0.3, 0.4) is 0 Å². The zero-order valence-electron chi connectivity index (χ0n) is 12.5. The minimum absolute atomic E-state index is 0.162. The molecule has 1 aromatic carbocycles. The molecule has 0 amide bonds. The van der Waals surface area contributed by atoms with Gasteiger partial charge in [-0.3, -0.25) is 0 Å². The molecule has 1 aliphatic carbocycles. The molecule has 0 spiro atoms. The predicted octanol–water partition coefficient (Wildman–Crippen LogP) is 3.79. The highest BCUT2D eigenvalue weighted by Crippen LogP contribution is 2.47. The van der Waals surface area contributed by atoms with Gasteiger partial charge in [-0.25, -0.2) is 0 Å². The average molecular weight is 296 g/mol. The minimum atomic E-state index is -0.774. The largest absolute Gasteiger partial charge is 0.389 e. The van der Waals surface area contributed by atoms with Crippen LogP contribution in [0.4, 0.5) is 0 Å². The van der Waals surface area contributed by atoms with Gasteiger partial charge in [0.15, 0.2) is 0 Å². The summed E-state index contributed by atoms with van der Waals surface area (Å²) in [6.45, 7) is 4.77. The summed E-state index contributed by atoms with van der Waals surface area (Å²) in [5, 5.41) is 11.8. The van der Waals surface area contributed by atoms with E-state index >= 15 is 0 Å². The zero-order chi connectivity index (χ0) is 14.8. The first-order chi connectivity index (χ1) is 9.38. The van der Waals surface area contributed by atoms with Gasteiger partial charge < -0.3 is 10.8 Å². The quantitative estimate of drug-likeness (QED) is 0.888. The first kappa shape index (κ1) is 15.8. The van der Waals surface area contributed by atoms with Crippen molar-refractivity contribution in [2.24, 2.45) is 17.1 Å². The van der Waals surface area contributed by atoms with Crippen molar-refractivity contribution in [3.8, 4) is 0 Å². The van der Waals surface area contributed by atoms with Crippen molar-refractivity contribution in [3.05, 3.63) is 34.9 Å². The summed E-state index contributed by atoms with van der Waals surface area (Å²) in [6.07, 6.45) is 5.08. The Morgan fingerprint density at radius 2 is 2.05 bits per heavy atom. The molecule has 2 nitrogen and oxygen atoms in total. The molecule has 2 rings (SSSR count). The first-order valence-corrected chi connectivity index (χ1v) is 7.93. The third kappa shape index (κ3) is 3.19.